The molecule has 0 aliphatic heterocycles. The lowest BCUT2D eigenvalue weighted by Gasteiger charge is -2.12. The Labute approximate surface area is 176 Å². The zero-order valence-corrected chi connectivity index (χ0v) is 16.7. The molecule has 4 nitrogen and oxygen atoms in total. The minimum atomic E-state index is 0.234. The number of rotatable bonds is 5. The van der Waals surface area contributed by atoms with Crippen molar-refractivity contribution in [3.63, 3.8) is 0 Å². The van der Waals surface area contributed by atoms with Gasteiger partial charge in [-0.3, -0.25) is 0 Å². The van der Waals surface area contributed by atoms with Gasteiger partial charge in [-0.1, -0.05) is 66.7 Å². The lowest BCUT2D eigenvalue weighted by molar-refractivity contribution is 0.306. The van der Waals surface area contributed by atoms with Crippen LogP contribution in [0.25, 0.3) is 22.4 Å². The molecule has 146 valence electrons. The Hall–Kier alpha value is -4.10. The molecule has 1 aromatic heterocycles. The van der Waals surface area contributed by atoms with Crippen LogP contribution in [0, 0.1) is 18.3 Å². The molecule has 0 amide bonds. The van der Waals surface area contributed by atoms with Crippen LogP contribution in [-0.2, 0) is 6.61 Å². The molecular formula is C26H21N3O. The number of aromatic nitrogens is 1. The first-order chi connectivity index (χ1) is 14.7. The molecule has 2 N–H and O–H groups in total. The number of nitrogens with zero attached hydrogens (tertiary/aromatic N) is 2. The predicted octanol–water partition coefficient (Wildman–Crippen LogP) is 5.76. The van der Waals surface area contributed by atoms with Gasteiger partial charge in [0.25, 0.3) is 0 Å². The van der Waals surface area contributed by atoms with Gasteiger partial charge in [0.15, 0.2) is 0 Å². The normalized spacial score (nSPS) is 10.4. The Balaban J connectivity index is 1.66. The fourth-order valence-corrected chi connectivity index (χ4v) is 3.38. The van der Waals surface area contributed by atoms with Crippen molar-refractivity contribution in [3.05, 3.63) is 102 Å². The summed E-state index contributed by atoms with van der Waals surface area (Å²) >= 11 is 0. The maximum absolute atomic E-state index is 9.65. The second-order valence-electron chi connectivity index (χ2n) is 7.04. The Morgan fingerprint density at radius 1 is 0.900 bits per heavy atom. The van der Waals surface area contributed by atoms with Gasteiger partial charge in [-0.05, 0) is 41.8 Å². The molecule has 0 unspecified atom stereocenters. The predicted molar refractivity (Wildman–Crippen MR) is 120 cm³/mol. The van der Waals surface area contributed by atoms with Crippen molar-refractivity contribution in [3.8, 4) is 34.2 Å². The third-order valence-corrected chi connectivity index (χ3v) is 4.99. The maximum Gasteiger partial charge on any atom is 0.142 e. The third kappa shape index (κ3) is 4.01. The maximum atomic E-state index is 9.65. The Kier molecular flexibility index (Phi) is 5.45. The second kappa shape index (κ2) is 8.50. The number of anilines is 1. The molecule has 4 aromatic rings. The fourth-order valence-electron chi connectivity index (χ4n) is 3.38. The highest BCUT2D eigenvalue weighted by Gasteiger charge is 2.14. The van der Waals surface area contributed by atoms with Crippen molar-refractivity contribution < 1.29 is 4.74 Å². The minimum absolute atomic E-state index is 0.234. The van der Waals surface area contributed by atoms with Gasteiger partial charge in [0.05, 0.1) is 5.69 Å². The molecule has 1 heterocycles. The first-order valence-corrected chi connectivity index (χ1v) is 9.69. The third-order valence-electron chi connectivity index (χ3n) is 4.99. The Bertz CT molecular complexity index is 1210. The fraction of sp³-hybridized carbons (Fsp3) is 0.0769. The van der Waals surface area contributed by atoms with Crippen LogP contribution in [-0.4, -0.2) is 4.98 Å². The summed E-state index contributed by atoms with van der Waals surface area (Å²) in [6, 6.07) is 29.8. The van der Waals surface area contributed by atoms with Crippen LogP contribution in [0.4, 0.5) is 5.82 Å². The molecule has 0 radical (unpaired) electrons. The quantitative estimate of drug-likeness (QED) is 0.470. The number of nitrogen functional groups attached to an aromatic ring is 1. The summed E-state index contributed by atoms with van der Waals surface area (Å²) in [7, 11) is 0. The first kappa shape index (κ1) is 19.2. The number of ether oxygens (including phenoxy) is 1. The molecule has 0 aliphatic rings. The molecule has 0 spiro atoms. The van der Waals surface area contributed by atoms with Crippen LogP contribution in [0.1, 0.15) is 16.7 Å². The monoisotopic (exact) mass is 391 g/mol. The van der Waals surface area contributed by atoms with Gasteiger partial charge >= 0.3 is 0 Å². The van der Waals surface area contributed by atoms with E-state index in [1.807, 2.05) is 91.9 Å². The number of pyridine rings is 1. The van der Waals surface area contributed by atoms with Crippen molar-refractivity contribution in [2.45, 2.75) is 13.5 Å². The highest BCUT2D eigenvalue weighted by molar-refractivity contribution is 5.81. The number of nitriles is 1. The van der Waals surface area contributed by atoms with Crippen LogP contribution >= 0.6 is 0 Å². The van der Waals surface area contributed by atoms with E-state index in [-0.39, 0.29) is 5.82 Å². The van der Waals surface area contributed by atoms with Gasteiger partial charge in [-0.25, -0.2) is 4.98 Å². The van der Waals surface area contributed by atoms with Crippen LogP contribution in [0.2, 0.25) is 0 Å². The summed E-state index contributed by atoms with van der Waals surface area (Å²) < 4.78 is 5.87. The van der Waals surface area contributed by atoms with E-state index in [0.717, 1.165) is 39.3 Å². The van der Waals surface area contributed by atoms with Crippen molar-refractivity contribution in [2.24, 2.45) is 0 Å². The van der Waals surface area contributed by atoms with E-state index in [2.05, 4.69) is 11.1 Å². The number of hydrogen-bond acceptors (Lipinski definition) is 4. The molecular weight excluding hydrogens is 370 g/mol. The van der Waals surface area contributed by atoms with E-state index in [1.54, 1.807) is 0 Å². The zero-order valence-electron chi connectivity index (χ0n) is 16.7. The summed E-state index contributed by atoms with van der Waals surface area (Å²) in [6.07, 6.45) is 0. The Morgan fingerprint density at radius 2 is 1.60 bits per heavy atom. The minimum Gasteiger partial charge on any atom is -0.489 e. The van der Waals surface area contributed by atoms with Crippen LogP contribution in [0.15, 0.2) is 84.9 Å². The van der Waals surface area contributed by atoms with Gasteiger partial charge in [-0.2, -0.15) is 5.26 Å². The number of nitrogens with two attached hydrogens (primary N) is 1. The second-order valence-corrected chi connectivity index (χ2v) is 7.04. The van der Waals surface area contributed by atoms with Gasteiger partial charge in [0.1, 0.15) is 29.8 Å². The smallest absolute Gasteiger partial charge is 0.142 e. The average Bonchev–Trinajstić information content (AvgIpc) is 2.78. The van der Waals surface area contributed by atoms with E-state index >= 15 is 0 Å². The number of hydrogen-bond donors (Lipinski definition) is 1. The molecule has 4 rings (SSSR count). The zero-order chi connectivity index (χ0) is 20.9. The summed E-state index contributed by atoms with van der Waals surface area (Å²) in [5, 5.41) is 9.65. The van der Waals surface area contributed by atoms with Crippen molar-refractivity contribution in [1.82, 2.24) is 4.98 Å². The topological polar surface area (TPSA) is 71.9 Å². The van der Waals surface area contributed by atoms with E-state index < -0.39 is 0 Å². The lowest BCUT2D eigenvalue weighted by atomic mass is 9.97. The summed E-state index contributed by atoms with van der Waals surface area (Å²) in [6.45, 7) is 2.53. The molecule has 30 heavy (non-hydrogen) atoms. The van der Waals surface area contributed by atoms with E-state index in [0.29, 0.717) is 12.2 Å². The van der Waals surface area contributed by atoms with E-state index in [9.17, 15) is 5.26 Å². The van der Waals surface area contributed by atoms with Gasteiger partial charge in [0, 0.05) is 11.1 Å². The SMILES string of the molecule is Cc1ccccc1-c1cc(-c2ccc(OCc3ccccc3)cc2)c(C#N)c(N)n1. The van der Waals surface area contributed by atoms with Gasteiger partial charge in [-0.15, -0.1) is 0 Å². The highest BCUT2D eigenvalue weighted by atomic mass is 16.5. The molecule has 3 aromatic carbocycles. The molecule has 0 fully saturated rings. The van der Waals surface area contributed by atoms with Crippen LogP contribution in [0.5, 0.6) is 5.75 Å². The largest absolute Gasteiger partial charge is 0.489 e. The van der Waals surface area contributed by atoms with Crippen molar-refractivity contribution in [2.75, 3.05) is 5.73 Å². The molecule has 0 atom stereocenters. The molecule has 0 saturated heterocycles. The van der Waals surface area contributed by atoms with Gasteiger partial charge < -0.3 is 10.5 Å². The summed E-state index contributed by atoms with van der Waals surface area (Å²) in [5.41, 5.74) is 12.1. The van der Waals surface area contributed by atoms with Crippen molar-refractivity contribution in [1.29, 1.82) is 5.26 Å². The van der Waals surface area contributed by atoms with Crippen molar-refractivity contribution >= 4 is 5.82 Å². The highest BCUT2D eigenvalue weighted by Crippen LogP contribution is 2.33. The van der Waals surface area contributed by atoms with Crippen LogP contribution < -0.4 is 10.5 Å². The standard InChI is InChI=1S/C26H21N3O/c1-18-7-5-6-10-22(18)25-15-23(24(16-27)26(28)29-25)20-11-13-21(14-12-20)30-17-19-8-3-2-4-9-19/h2-15H,17H2,1H3,(H2,28,29). The molecule has 0 aliphatic carbocycles. The summed E-state index contributed by atoms with van der Waals surface area (Å²) in [5.74, 6) is 1.000. The first-order valence-electron chi connectivity index (χ1n) is 9.69. The Morgan fingerprint density at radius 3 is 2.30 bits per heavy atom. The van der Waals surface area contributed by atoms with E-state index in [1.165, 1.54) is 0 Å². The number of benzene rings is 3. The molecule has 0 saturated carbocycles. The van der Waals surface area contributed by atoms with E-state index in [4.69, 9.17) is 10.5 Å². The average molecular weight is 391 g/mol. The summed E-state index contributed by atoms with van der Waals surface area (Å²) in [4.78, 5) is 4.47. The lowest BCUT2D eigenvalue weighted by Crippen LogP contribution is -2.00. The molecule has 4 heteroatoms. The molecule has 0 bridgehead atoms. The number of aryl methyl sites for hydroxylation is 1. The van der Waals surface area contributed by atoms with Crippen LogP contribution in [0.3, 0.4) is 0 Å². The van der Waals surface area contributed by atoms with Gasteiger partial charge in [0.2, 0.25) is 0 Å².